The molecule has 2 atom stereocenters. The highest BCUT2D eigenvalue weighted by atomic mass is 19.1. The highest BCUT2D eigenvalue weighted by Crippen LogP contribution is 2.41. The number of nitrogens with zero attached hydrogens (tertiary/aromatic N) is 5. The van der Waals surface area contributed by atoms with E-state index >= 15 is 0 Å². The Morgan fingerprint density at radius 3 is 2.79 bits per heavy atom. The van der Waals surface area contributed by atoms with Crippen molar-refractivity contribution in [2.75, 3.05) is 49.1 Å². The van der Waals surface area contributed by atoms with E-state index in [1.807, 2.05) is 0 Å². The van der Waals surface area contributed by atoms with Crippen molar-refractivity contribution in [3.8, 4) is 24.1 Å². The average Bonchev–Trinajstić information content (AvgIpc) is 3.64. The van der Waals surface area contributed by atoms with Crippen LogP contribution in [0.1, 0.15) is 58.1 Å². The largest absolute Gasteiger partial charge is 0.508 e. The topological polar surface area (TPSA) is 77.0 Å². The molecule has 0 amide bonds. The van der Waals surface area contributed by atoms with Crippen LogP contribution in [-0.2, 0) is 13.0 Å². The van der Waals surface area contributed by atoms with Crippen LogP contribution in [0.5, 0.6) is 11.8 Å². The Labute approximate surface area is 248 Å². The number of hydrogen-bond donors (Lipinski definition) is 2. The van der Waals surface area contributed by atoms with E-state index in [2.05, 4.69) is 25.9 Å². The summed E-state index contributed by atoms with van der Waals surface area (Å²) in [5.41, 5.74) is 1.93. The van der Waals surface area contributed by atoms with Gasteiger partial charge in [-0.1, -0.05) is 12.0 Å². The highest BCUT2D eigenvalue weighted by Gasteiger charge is 2.45. The molecule has 42 heavy (non-hydrogen) atoms. The molecule has 9 heteroatoms. The SMILES string of the molecule is [2H]C([2H])(Oc1nc2c(c(N3CC4CCC3CN4)n1)CCN(c1cc(O)cc3ccc(F)c(C#C)c13)C2)C12CCCN1CCC2. The van der Waals surface area contributed by atoms with E-state index in [4.69, 9.17) is 21.1 Å². The minimum Gasteiger partial charge on any atom is -0.508 e. The molecular formula is C33H37FN6O2. The van der Waals surface area contributed by atoms with Gasteiger partial charge in [0.2, 0.25) is 0 Å². The number of piperidine rings is 2. The predicted molar refractivity (Wildman–Crippen MR) is 161 cm³/mol. The summed E-state index contributed by atoms with van der Waals surface area (Å²) >= 11 is 0. The Morgan fingerprint density at radius 2 is 2.05 bits per heavy atom. The van der Waals surface area contributed by atoms with Crippen molar-refractivity contribution >= 4 is 22.3 Å². The summed E-state index contributed by atoms with van der Waals surface area (Å²) in [6, 6.07) is 6.95. The third-order valence-corrected chi connectivity index (χ3v) is 10.1. The number of nitrogens with one attached hydrogen (secondary N) is 1. The lowest BCUT2D eigenvalue weighted by Crippen LogP contribution is -2.61. The number of phenols is 1. The molecule has 0 saturated carbocycles. The van der Waals surface area contributed by atoms with Gasteiger partial charge in [0.05, 0.1) is 26.1 Å². The average molecular weight is 571 g/mol. The third-order valence-electron chi connectivity index (χ3n) is 10.1. The zero-order valence-electron chi connectivity index (χ0n) is 25.7. The molecular weight excluding hydrogens is 531 g/mol. The molecule has 2 unspecified atom stereocenters. The third kappa shape index (κ3) is 4.18. The van der Waals surface area contributed by atoms with Gasteiger partial charge in [-0.2, -0.15) is 9.97 Å². The van der Waals surface area contributed by atoms with Crippen molar-refractivity contribution < 1.29 is 17.0 Å². The van der Waals surface area contributed by atoms with Crippen LogP contribution in [-0.4, -0.2) is 76.9 Å². The molecule has 6 aliphatic rings. The minimum absolute atomic E-state index is 0.0595. The van der Waals surface area contributed by atoms with Crippen LogP contribution >= 0.6 is 0 Å². The Bertz CT molecular complexity index is 1680. The smallest absolute Gasteiger partial charge is 0.318 e. The fourth-order valence-corrected chi connectivity index (χ4v) is 8.05. The van der Waals surface area contributed by atoms with Gasteiger partial charge in [-0.25, -0.2) is 4.39 Å². The first-order chi connectivity index (χ1) is 21.3. The van der Waals surface area contributed by atoms with Crippen molar-refractivity contribution in [1.29, 1.82) is 0 Å². The lowest BCUT2D eigenvalue weighted by Gasteiger charge is -2.47. The number of aromatic nitrogens is 2. The van der Waals surface area contributed by atoms with Crippen LogP contribution in [0, 0.1) is 18.2 Å². The van der Waals surface area contributed by atoms with Crippen LogP contribution in [0.2, 0.25) is 0 Å². The number of anilines is 2. The van der Waals surface area contributed by atoms with E-state index in [-0.39, 0.29) is 17.3 Å². The Balaban J connectivity index is 1.21. The van der Waals surface area contributed by atoms with E-state index in [0.29, 0.717) is 48.1 Å². The molecule has 0 spiro atoms. The molecule has 8 nitrogen and oxygen atoms in total. The quantitative estimate of drug-likeness (QED) is 0.447. The zero-order chi connectivity index (χ0) is 30.2. The van der Waals surface area contributed by atoms with Gasteiger partial charge in [-0.05, 0) is 75.6 Å². The van der Waals surface area contributed by atoms with Gasteiger partial charge in [0.25, 0.3) is 0 Å². The lowest BCUT2D eigenvalue weighted by molar-refractivity contribution is 0.107. The highest BCUT2D eigenvalue weighted by molar-refractivity contribution is 6.00. The van der Waals surface area contributed by atoms with Gasteiger partial charge >= 0.3 is 6.01 Å². The number of terminal acetylenes is 1. The second-order valence-electron chi connectivity index (χ2n) is 12.5. The van der Waals surface area contributed by atoms with Crippen molar-refractivity contribution in [2.45, 2.75) is 69.1 Å². The molecule has 5 saturated heterocycles. The molecule has 2 bridgehead atoms. The first-order valence-corrected chi connectivity index (χ1v) is 15.3. The maximum absolute atomic E-state index is 14.9. The van der Waals surface area contributed by atoms with E-state index in [0.717, 1.165) is 81.8 Å². The summed E-state index contributed by atoms with van der Waals surface area (Å²) in [6.07, 6.45) is 12.0. The second kappa shape index (κ2) is 9.99. The molecule has 2 aromatic carbocycles. The molecule has 3 aromatic rings. The molecule has 1 aromatic heterocycles. The summed E-state index contributed by atoms with van der Waals surface area (Å²) in [5.74, 6) is 2.94. The number of piperazine rings is 1. The van der Waals surface area contributed by atoms with Gasteiger partial charge in [0, 0.05) is 54.4 Å². The number of benzene rings is 2. The summed E-state index contributed by atoms with van der Waals surface area (Å²) in [4.78, 5) is 16.5. The van der Waals surface area contributed by atoms with Gasteiger partial charge in [0.15, 0.2) is 0 Å². The van der Waals surface area contributed by atoms with E-state index < -0.39 is 17.9 Å². The summed E-state index contributed by atoms with van der Waals surface area (Å²) < 4.78 is 39.5. The molecule has 6 aliphatic heterocycles. The number of phenolic OH excluding ortho intramolecular Hbond substituents is 1. The summed E-state index contributed by atoms with van der Waals surface area (Å²) in [7, 11) is 0. The Morgan fingerprint density at radius 1 is 1.19 bits per heavy atom. The molecule has 218 valence electrons. The Hall–Kier alpha value is -3.61. The van der Waals surface area contributed by atoms with Crippen LogP contribution in [0.3, 0.4) is 0 Å². The van der Waals surface area contributed by atoms with E-state index in [9.17, 15) is 12.2 Å². The number of hydrogen-bond acceptors (Lipinski definition) is 8. The van der Waals surface area contributed by atoms with Crippen LogP contribution in [0.25, 0.3) is 10.8 Å². The number of ether oxygens (including phenoxy) is 1. The van der Waals surface area contributed by atoms with Gasteiger partial charge < -0.3 is 25.0 Å². The van der Waals surface area contributed by atoms with E-state index in [1.165, 1.54) is 6.07 Å². The van der Waals surface area contributed by atoms with Gasteiger partial charge in [-0.15, -0.1) is 6.42 Å². The fraction of sp³-hybridized carbons (Fsp3) is 0.515. The van der Waals surface area contributed by atoms with Crippen molar-refractivity contribution in [3.05, 3.63) is 46.9 Å². The molecule has 0 aliphatic carbocycles. The Kier molecular flexibility index (Phi) is 5.69. The van der Waals surface area contributed by atoms with Crippen molar-refractivity contribution in [1.82, 2.24) is 20.2 Å². The maximum Gasteiger partial charge on any atom is 0.318 e. The maximum atomic E-state index is 14.9. The van der Waals surface area contributed by atoms with Crippen LogP contribution in [0.15, 0.2) is 24.3 Å². The molecule has 0 radical (unpaired) electrons. The minimum atomic E-state index is -1.96. The fourth-order valence-electron chi connectivity index (χ4n) is 8.05. The normalized spacial score (nSPS) is 25.6. The van der Waals surface area contributed by atoms with E-state index in [1.54, 1.807) is 18.2 Å². The summed E-state index contributed by atoms with van der Waals surface area (Å²) in [6.45, 7) is 2.50. The second-order valence-corrected chi connectivity index (χ2v) is 12.5. The first kappa shape index (κ1) is 23.9. The molecule has 9 rings (SSSR count). The number of aromatic hydroxyl groups is 1. The van der Waals surface area contributed by atoms with Crippen molar-refractivity contribution in [3.63, 3.8) is 0 Å². The number of halogens is 1. The molecule has 5 fully saturated rings. The molecule has 7 heterocycles. The number of fused-ring (bicyclic) bond motifs is 6. The number of rotatable bonds is 5. The van der Waals surface area contributed by atoms with Gasteiger partial charge in [-0.3, -0.25) is 4.90 Å². The van der Waals surface area contributed by atoms with Crippen LogP contribution < -0.4 is 19.9 Å². The monoisotopic (exact) mass is 570 g/mol. The lowest BCUT2D eigenvalue weighted by atomic mass is 9.92. The molecule has 2 N–H and O–H groups in total. The van der Waals surface area contributed by atoms with Crippen LogP contribution in [0.4, 0.5) is 15.9 Å². The van der Waals surface area contributed by atoms with Gasteiger partial charge in [0.1, 0.15) is 23.9 Å². The predicted octanol–water partition coefficient (Wildman–Crippen LogP) is 3.97. The zero-order valence-corrected chi connectivity index (χ0v) is 23.7. The van der Waals surface area contributed by atoms with Crippen molar-refractivity contribution in [2.24, 2.45) is 0 Å². The first-order valence-electron chi connectivity index (χ1n) is 16.3. The summed E-state index contributed by atoms with van der Waals surface area (Å²) in [5, 5.41) is 15.5. The standard InChI is InChI=1S/C33H37FN6O2/c1-2-25-27(34)8-5-21-15-24(41)16-29(30(21)25)38-14-9-26-28(19-38)36-32(42-20-33-10-3-12-39(33)13-4-11-33)37-31(26)40-18-22-6-7-23(40)17-35-22/h1,5,8,15-16,22-23,35,41H,3-4,6-7,9-14,17-20H2/i20D2.